The maximum absolute atomic E-state index is 12.4. The van der Waals surface area contributed by atoms with Gasteiger partial charge in [0.1, 0.15) is 5.75 Å². The Balaban J connectivity index is 2.32. The Bertz CT molecular complexity index is 780. The van der Waals surface area contributed by atoms with E-state index in [1.807, 2.05) is 0 Å². The molecule has 0 aromatic heterocycles. The summed E-state index contributed by atoms with van der Waals surface area (Å²) in [4.78, 5) is 12.4. The first-order valence-corrected chi connectivity index (χ1v) is 8.26. The minimum atomic E-state index is -3.58. The molecule has 0 heterocycles. The number of rotatable bonds is 4. The van der Waals surface area contributed by atoms with Crippen molar-refractivity contribution in [3.8, 4) is 5.75 Å². The third kappa shape index (κ3) is 4.06. The van der Waals surface area contributed by atoms with E-state index in [-0.39, 0.29) is 11.5 Å². The minimum absolute atomic E-state index is 0.157. The second kappa shape index (κ2) is 5.87. The van der Waals surface area contributed by atoms with Crippen molar-refractivity contribution in [2.45, 2.75) is 6.92 Å². The Kier molecular flexibility index (Phi) is 4.34. The molecule has 0 aliphatic heterocycles. The van der Waals surface area contributed by atoms with Crippen LogP contribution in [0.2, 0.25) is 5.02 Å². The molecule has 6 heteroatoms. The fraction of sp³-hybridized carbons (Fsp3) is 0.133. The third-order valence-corrected chi connectivity index (χ3v) is 3.54. The van der Waals surface area contributed by atoms with Crippen LogP contribution < -0.4 is 4.18 Å². The quantitative estimate of drug-likeness (QED) is 0.640. The van der Waals surface area contributed by atoms with Gasteiger partial charge in [0, 0.05) is 16.1 Å². The first-order chi connectivity index (χ1) is 9.76. The number of ketones is 1. The van der Waals surface area contributed by atoms with Crippen LogP contribution in [0.15, 0.2) is 42.5 Å². The molecule has 2 aromatic rings. The van der Waals surface area contributed by atoms with Crippen molar-refractivity contribution in [1.82, 2.24) is 0 Å². The zero-order valence-corrected chi connectivity index (χ0v) is 13.0. The predicted octanol–water partition coefficient (Wildman–Crippen LogP) is 3.22. The number of benzene rings is 2. The summed E-state index contributed by atoms with van der Waals surface area (Å²) in [6.45, 7) is 1.72. The van der Waals surface area contributed by atoms with Gasteiger partial charge in [-0.3, -0.25) is 4.79 Å². The van der Waals surface area contributed by atoms with E-state index in [9.17, 15) is 13.2 Å². The number of carbonyl (C=O) groups is 1. The molecule has 4 nitrogen and oxygen atoms in total. The molecule has 0 atom stereocenters. The minimum Gasteiger partial charge on any atom is -0.383 e. The zero-order chi connectivity index (χ0) is 15.6. The summed E-state index contributed by atoms with van der Waals surface area (Å²) in [6.07, 6.45) is 0.967. The molecule has 2 rings (SSSR count). The molecule has 0 radical (unpaired) electrons. The first kappa shape index (κ1) is 15.5. The number of halogens is 1. The molecule has 2 aromatic carbocycles. The largest absolute Gasteiger partial charge is 0.383 e. The lowest BCUT2D eigenvalue weighted by Crippen LogP contribution is -2.07. The van der Waals surface area contributed by atoms with Crippen molar-refractivity contribution >= 4 is 27.5 Å². The Labute approximate surface area is 128 Å². The lowest BCUT2D eigenvalue weighted by molar-refractivity contribution is 0.103. The van der Waals surface area contributed by atoms with Gasteiger partial charge in [-0.1, -0.05) is 11.6 Å². The maximum Gasteiger partial charge on any atom is 0.306 e. The molecule has 0 spiro atoms. The molecule has 0 saturated heterocycles. The van der Waals surface area contributed by atoms with E-state index < -0.39 is 10.1 Å². The van der Waals surface area contributed by atoms with Crippen LogP contribution in [-0.4, -0.2) is 20.5 Å². The lowest BCUT2D eigenvalue weighted by Gasteiger charge is -2.08. The van der Waals surface area contributed by atoms with Gasteiger partial charge in [0.05, 0.1) is 6.26 Å². The fourth-order valence-corrected chi connectivity index (χ4v) is 2.45. The highest BCUT2D eigenvalue weighted by Crippen LogP contribution is 2.21. The Morgan fingerprint density at radius 2 is 1.71 bits per heavy atom. The molecule has 21 heavy (non-hydrogen) atoms. The fourth-order valence-electron chi connectivity index (χ4n) is 1.87. The highest BCUT2D eigenvalue weighted by molar-refractivity contribution is 7.86. The smallest absolute Gasteiger partial charge is 0.306 e. The molecule has 0 unspecified atom stereocenters. The number of aryl methyl sites for hydroxylation is 1. The molecule has 0 N–H and O–H groups in total. The normalized spacial score (nSPS) is 11.2. The summed E-state index contributed by atoms with van der Waals surface area (Å²) in [5.41, 5.74) is 1.63. The second-order valence-corrected chi connectivity index (χ2v) is 6.61. The topological polar surface area (TPSA) is 60.4 Å². The molecule has 0 aliphatic carbocycles. The number of hydrogen-bond acceptors (Lipinski definition) is 4. The number of carbonyl (C=O) groups excluding carboxylic acids is 1. The molecule has 0 amide bonds. The van der Waals surface area contributed by atoms with Crippen LogP contribution in [0.25, 0.3) is 0 Å². The predicted molar refractivity (Wildman–Crippen MR) is 81.5 cm³/mol. The van der Waals surface area contributed by atoms with Crippen LogP contribution in [0.1, 0.15) is 21.5 Å². The van der Waals surface area contributed by atoms with E-state index in [0.717, 1.165) is 6.26 Å². The molecular weight excluding hydrogens is 312 g/mol. The van der Waals surface area contributed by atoms with Gasteiger partial charge in [-0.15, -0.1) is 0 Å². The zero-order valence-electron chi connectivity index (χ0n) is 11.5. The molecule has 0 fully saturated rings. The van der Waals surface area contributed by atoms with Crippen molar-refractivity contribution in [3.63, 3.8) is 0 Å². The van der Waals surface area contributed by atoms with Gasteiger partial charge in [-0.05, 0) is 55.0 Å². The van der Waals surface area contributed by atoms with E-state index in [4.69, 9.17) is 15.8 Å². The summed E-state index contributed by atoms with van der Waals surface area (Å²) in [7, 11) is -3.58. The first-order valence-electron chi connectivity index (χ1n) is 6.06. The van der Waals surface area contributed by atoms with Crippen molar-refractivity contribution in [3.05, 3.63) is 64.2 Å². The second-order valence-electron chi connectivity index (χ2n) is 4.60. The highest BCUT2D eigenvalue weighted by Gasteiger charge is 2.13. The third-order valence-electron chi connectivity index (χ3n) is 2.80. The molecule has 0 bridgehead atoms. The van der Waals surface area contributed by atoms with Crippen LogP contribution in [-0.2, 0) is 10.1 Å². The molecule has 0 saturated carbocycles. The SMILES string of the molecule is Cc1cc(OS(C)(=O)=O)ccc1C(=O)c1ccc(Cl)cc1. The summed E-state index contributed by atoms with van der Waals surface area (Å²) in [5.74, 6) is 0.0257. The Morgan fingerprint density at radius 1 is 1.10 bits per heavy atom. The van der Waals surface area contributed by atoms with Gasteiger partial charge >= 0.3 is 10.1 Å². The van der Waals surface area contributed by atoms with Gasteiger partial charge in [0.15, 0.2) is 5.78 Å². The van der Waals surface area contributed by atoms with Gasteiger partial charge in [0.2, 0.25) is 0 Å². The average molecular weight is 325 g/mol. The van der Waals surface area contributed by atoms with Crippen LogP contribution in [0.3, 0.4) is 0 Å². The van der Waals surface area contributed by atoms with E-state index in [1.54, 1.807) is 37.3 Å². The highest BCUT2D eigenvalue weighted by atomic mass is 35.5. The standard InChI is InChI=1S/C15H13ClO4S/c1-10-9-13(20-21(2,18)19)7-8-14(10)15(17)11-3-5-12(16)6-4-11/h3-9H,1-2H3. The lowest BCUT2D eigenvalue weighted by atomic mass is 9.99. The summed E-state index contributed by atoms with van der Waals surface area (Å²) in [5, 5.41) is 0.556. The van der Waals surface area contributed by atoms with E-state index in [0.29, 0.717) is 21.7 Å². The van der Waals surface area contributed by atoms with Gasteiger partial charge < -0.3 is 4.18 Å². The average Bonchev–Trinajstić information content (AvgIpc) is 2.37. The van der Waals surface area contributed by atoms with Gasteiger partial charge in [-0.25, -0.2) is 0 Å². The summed E-state index contributed by atoms with van der Waals surface area (Å²) in [6, 6.07) is 11.1. The van der Waals surface area contributed by atoms with Crippen molar-refractivity contribution in [1.29, 1.82) is 0 Å². The Morgan fingerprint density at radius 3 is 2.24 bits per heavy atom. The summed E-state index contributed by atoms with van der Waals surface area (Å²) >= 11 is 5.79. The van der Waals surface area contributed by atoms with Crippen molar-refractivity contribution in [2.75, 3.05) is 6.26 Å². The van der Waals surface area contributed by atoms with Crippen LogP contribution in [0, 0.1) is 6.92 Å². The van der Waals surface area contributed by atoms with Crippen molar-refractivity contribution in [2.24, 2.45) is 0 Å². The van der Waals surface area contributed by atoms with E-state index in [2.05, 4.69) is 0 Å². The van der Waals surface area contributed by atoms with Crippen LogP contribution >= 0.6 is 11.6 Å². The van der Waals surface area contributed by atoms with Crippen molar-refractivity contribution < 1.29 is 17.4 Å². The maximum atomic E-state index is 12.4. The van der Waals surface area contributed by atoms with Crippen LogP contribution in [0.4, 0.5) is 0 Å². The van der Waals surface area contributed by atoms with Crippen LogP contribution in [0.5, 0.6) is 5.75 Å². The molecule has 110 valence electrons. The van der Waals surface area contributed by atoms with Gasteiger partial charge in [-0.2, -0.15) is 8.42 Å². The van der Waals surface area contributed by atoms with E-state index >= 15 is 0 Å². The molecule has 0 aliphatic rings. The van der Waals surface area contributed by atoms with Gasteiger partial charge in [0.25, 0.3) is 0 Å². The number of hydrogen-bond donors (Lipinski definition) is 0. The molecular formula is C15H13ClO4S. The van der Waals surface area contributed by atoms with E-state index in [1.165, 1.54) is 12.1 Å². The Hall–Kier alpha value is -1.85. The monoisotopic (exact) mass is 324 g/mol. The summed E-state index contributed by atoms with van der Waals surface area (Å²) < 4.78 is 26.9.